The van der Waals surface area contributed by atoms with E-state index in [0.717, 1.165) is 28.4 Å². The molecule has 5 rings (SSSR count). The molecule has 1 aromatic carbocycles. The van der Waals surface area contributed by atoms with Crippen LogP contribution in [0.3, 0.4) is 0 Å². The monoisotopic (exact) mass is 537 g/mol. The molecule has 4 heterocycles. The SMILES string of the molecule is C/C=C\N=C(/C)Cn1cc(-c2cnc3ccc(N(Cc4ncc[nH]4)c4cc(OC)cc(OC)c4C)nc3n2)cn1. The molecule has 0 radical (unpaired) electrons. The molecule has 5 aromatic rings. The second kappa shape index (κ2) is 11.8. The third kappa shape index (κ3) is 5.68. The number of pyridine rings is 1. The molecule has 11 nitrogen and oxygen atoms in total. The average Bonchev–Trinajstić information content (AvgIpc) is 3.67. The van der Waals surface area contributed by atoms with Gasteiger partial charge >= 0.3 is 0 Å². The zero-order chi connectivity index (χ0) is 28.1. The first-order chi connectivity index (χ1) is 19.5. The quantitative estimate of drug-likeness (QED) is 0.239. The number of aliphatic imine (C=N–C) groups is 1. The summed E-state index contributed by atoms with van der Waals surface area (Å²) < 4.78 is 13.0. The molecule has 0 saturated heterocycles. The average molecular weight is 538 g/mol. The van der Waals surface area contributed by atoms with E-state index in [1.54, 1.807) is 45.2 Å². The molecule has 40 heavy (non-hydrogen) atoms. The number of benzene rings is 1. The largest absolute Gasteiger partial charge is 0.497 e. The molecular weight excluding hydrogens is 506 g/mol. The number of rotatable bonds is 10. The number of aromatic amines is 1. The number of nitrogens with zero attached hydrogens (tertiary/aromatic N) is 8. The summed E-state index contributed by atoms with van der Waals surface area (Å²) in [6.07, 6.45) is 12.6. The lowest BCUT2D eigenvalue weighted by Crippen LogP contribution is -2.20. The summed E-state index contributed by atoms with van der Waals surface area (Å²) in [5.41, 5.74) is 5.50. The summed E-state index contributed by atoms with van der Waals surface area (Å²) in [6, 6.07) is 7.67. The fourth-order valence-electron chi connectivity index (χ4n) is 4.32. The van der Waals surface area contributed by atoms with Crippen LogP contribution in [0.15, 0.2) is 72.5 Å². The predicted molar refractivity (Wildman–Crippen MR) is 155 cm³/mol. The Kier molecular flexibility index (Phi) is 7.81. The van der Waals surface area contributed by atoms with Crippen molar-refractivity contribution in [3.8, 4) is 22.8 Å². The van der Waals surface area contributed by atoms with E-state index in [4.69, 9.17) is 19.4 Å². The first-order valence-corrected chi connectivity index (χ1v) is 12.8. The summed E-state index contributed by atoms with van der Waals surface area (Å²) in [5, 5.41) is 4.47. The van der Waals surface area contributed by atoms with Gasteiger partial charge in [-0.2, -0.15) is 5.10 Å². The number of H-pyrrole nitrogens is 1. The fraction of sp³-hybridized carbons (Fsp3) is 0.241. The minimum absolute atomic E-state index is 0.441. The molecule has 0 amide bonds. The highest BCUT2D eigenvalue weighted by atomic mass is 16.5. The number of ether oxygens (including phenoxy) is 2. The summed E-state index contributed by atoms with van der Waals surface area (Å²) >= 11 is 0. The van der Waals surface area contributed by atoms with Crippen molar-refractivity contribution in [3.63, 3.8) is 0 Å². The molecule has 1 N–H and O–H groups in total. The van der Waals surface area contributed by atoms with E-state index in [1.807, 2.05) is 62.0 Å². The van der Waals surface area contributed by atoms with Crippen molar-refractivity contribution in [1.82, 2.24) is 34.7 Å². The standard InChI is InChI=1S/C29H31N9O2/c1-6-9-30-19(2)16-37-17-21(14-34-37)24-15-33-23-7-8-28(36-29(23)35-24)38(18-27-31-10-11-32-27)25-12-22(39-4)13-26(40-5)20(25)3/h6-15,17H,16,18H2,1-5H3,(H,31,32)/b9-6-,30-19+. The van der Waals surface area contributed by atoms with Crippen molar-refractivity contribution in [3.05, 3.63) is 78.9 Å². The van der Waals surface area contributed by atoms with Crippen LogP contribution in [0.2, 0.25) is 0 Å². The Balaban J connectivity index is 1.54. The van der Waals surface area contributed by atoms with E-state index >= 15 is 0 Å². The molecule has 0 spiro atoms. The van der Waals surface area contributed by atoms with Gasteiger partial charge in [-0.3, -0.25) is 14.7 Å². The van der Waals surface area contributed by atoms with Gasteiger partial charge in [0.1, 0.15) is 28.7 Å². The Hall–Kier alpha value is -5.06. The molecule has 0 aliphatic carbocycles. The van der Waals surface area contributed by atoms with Crippen LogP contribution >= 0.6 is 0 Å². The molecule has 0 atom stereocenters. The Morgan fingerprint density at radius 3 is 2.75 bits per heavy atom. The number of fused-ring (bicyclic) bond motifs is 1. The third-order valence-electron chi connectivity index (χ3n) is 6.35. The van der Waals surface area contributed by atoms with Gasteiger partial charge in [-0.15, -0.1) is 0 Å². The highest BCUT2D eigenvalue weighted by Crippen LogP contribution is 2.38. The molecule has 0 aliphatic rings. The second-order valence-electron chi connectivity index (χ2n) is 9.14. The zero-order valence-electron chi connectivity index (χ0n) is 23.2. The lowest BCUT2D eigenvalue weighted by molar-refractivity contribution is 0.392. The minimum Gasteiger partial charge on any atom is -0.497 e. The van der Waals surface area contributed by atoms with Crippen LogP contribution in [0.4, 0.5) is 11.5 Å². The molecule has 0 unspecified atom stereocenters. The molecule has 0 aliphatic heterocycles. The van der Waals surface area contributed by atoms with E-state index < -0.39 is 0 Å². The lowest BCUT2D eigenvalue weighted by Gasteiger charge is -2.26. The maximum Gasteiger partial charge on any atom is 0.180 e. The van der Waals surface area contributed by atoms with Crippen LogP contribution < -0.4 is 14.4 Å². The topological polar surface area (TPSA) is 119 Å². The van der Waals surface area contributed by atoms with Gasteiger partial charge in [0.2, 0.25) is 0 Å². The number of allylic oxidation sites excluding steroid dienone is 1. The van der Waals surface area contributed by atoms with Gasteiger partial charge < -0.3 is 19.4 Å². The van der Waals surface area contributed by atoms with E-state index in [9.17, 15) is 0 Å². The third-order valence-corrected chi connectivity index (χ3v) is 6.35. The summed E-state index contributed by atoms with van der Waals surface area (Å²) in [4.78, 5) is 28.5. The molecule has 4 aromatic heterocycles. The van der Waals surface area contributed by atoms with E-state index in [1.165, 1.54) is 0 Å². The van der Waals surface area contributed by atoms with Gasteiger partial charge in [-0.05, 0) is 32.9 Å². The summed E-state index contributed by atoms with van der Waals surface area (Å²) in [7, 11) is 3.28. The normalized spacial score (nSPS) is 11.9. The highest BCUT2D eigenvalue weighted by Gasteiger charge is 2.20. The van der Waals surface area contributed by atoms with Crippen LogP contribution in [-0.2, 0) is 13.1 Å². The molecular formula is C29H31N9O2. The van der Waals surface area contributed by atoms with Crippen molar-refractivity contribution in [2.24, 2.45) is 4.99 Å². The Morgan fingerprint density at radius 2 is 2.00 bits per heavy atom. The maximum absolute atomic E-state index is 5.64. The van der Waals surface area contributed by atoms with Gasteiger partial charge in [0.15, 0.2) is 5.65 Å². The van der Waals surface area contributed by atoms with Crippen molar-refractivity contribution < 1.29 is 9.47 Å². The minimum atomic E-state index is 0.441. The van der Waals surface area contributed by atoms with Crippen LogP contribution in [0.5, 0.6) is 11.5 Å². The number of hydrogen-bond donors (Lipinski definition) is 1. The first-order valence-electron chi connectivity index (χ1n) is 12.8. The van der Waals surface area contributed by atoms with Crippen LogP contribution in [-0.4, -0.2) is 54.6 Å². The molecule has 204 valence electrons. The van der Waals surface area contributed by atoms with Crippen molar-refractivity contribution in [1.29, 1.82) is 0 Å². The second-order valence-corrected chi connectivity index (χ2v) is 9.14. The molecule has 11 heteroatoms. The summed E-state index contributed by atoms with van der Waals surface area (Å²) in [5.74, 6) is 2.85. The van der Waals surface area contributed by atoms with Crippen molar-refractivity contribution in [2.75, 3.05) is 19.1 Å². The van der Waals surface area contributed by atoms with Gasteiger partial charge in [-0.25, -0.2) is 15.0 Å². The number of hydrogen-bond acceptors (Lipinski definition) is 9. The first kappa shape index (κ1) is 26.5. The zero-order valence-corrected chi connectivity index (χ0v) is 23.2. The van der Waals surface area contributed by atoms with E-state index in [0.29, 0.717) is 47.3 Å². The van der Waals surface area contributed by atoms with Gasteiger partial charge in [0, 0.05) is 53.8 Å². The lowest BCUT2D eigenvalue weighted by atomic mass is 10.1. The van der Waals surface area contributed by atoms with Gasteiger partial charge in [0.05, 0.1) is 51.1 Å². The molecule has 0 fully saturated rings. The molecule has 0 saturated carbocycles. The van der Waals surface area contributed by atoms with E-state index in [-0.39, 0.29) is 0 Å². The maximum atomic E-state index is 5.64. The van der Waals surface area contributed by atoms with Crippen LogP contribution in [0.1, 0.15) is 25.2 Å². The highest BCUT2D eigenvalue weighted by molar-refractivity contribution is 5.82. The number of aromatic nitrogens is 7. The van der Waals surface area contributed by atoms with E-state index in [2.05, 4.69) is 29.9 Å². The Bertz CT molecular complexity index is 1670. The van der Waals surface area contributed by atoms with Crippen LogP contribution in [0, 0.1) is 6.92 Å². The van der Waals surface area contributed by atoms with Crippen molar-refractivity contribution in [2.45, 2.75) is 33.9 Å². The smallest absolute Gasteiger partial charge is 0.180 e. The predicted octanol–water partition coefficient (Wildman–Crippen LogP) is 5.27. The fourth-order valence-corrected chi connectivity index (χ4v) is 4.32. The molecule has 0 bridgehead atoms. The Morgan fingerprint density at radius 1 is 1.12 bits per heavy atom. The van der Waals surface area contributed by atoms with Crippen LogP contribution in [0.25, 0.3) is 22.4 Å². The van der Waals surface area contributed by atoms with Gasteiger partial charge in [-0.1, -0.05) is 6.08 Å². The van der Waals surface area contributed by atoms with Gasteiger partial charge in [0.25, 0.3) is 0 Å². The number of methoxy groups -OCH3 is 2. The number of imidazole rings is 1. The van der Waals surface area contributed by atoms with Crippen molar-refractivity contribution >= 4 is 28.4 Å². The Labute approximate surface area is 232 Å². The number of anilines is 2. The number of nitrogens with one attached hydrogen (secondary N) is 1. The summed E-state index contributed by atoms with van der Waals surface area (Å²) in [6.45, 7) is 6.93.